The lowest BCUT2D eigenvalue weighted by atomic mass is 10.2. The van der Waals surface area contributed by atoms with Crippen LogP contribution >= 0.6 is 11.6 Å². The molecule has 0 spiro atoms. The summed E-state index contributed by atoms with van der Waals surface area (Å²) in [5.74, 6) is 0.786. The average Bonchev–Trinajstić information content (AvgIpc) is 2.60. The second-order valence-corrected chi connectivity index (χ2v) is 5.93. The minimum absolute atomic E-state index is 0.00603. The molecule has 0 unspecified atom stereocenters. The summed E-state index contributed by atoms with van der Waals surface area (Å²) in [4.78, 5) is 11.6. The molecule has 0 saturated heterocycles. The molecule has 2 rings (SSSR count). The van der Waals surface area contributed by atoms with Crippen molar-refractivity contribution in [2.24, 2.45) is 0 Å². The zero-order chi connectivity index (χ0) is 17.2. The molecular formula is C19H23ClN2O2. The van der Waals surface area contributed by atoms with E-state index in [0.717, 1.165) is 36.4 Å². The Hall–Kier alpha value is -2.20. The SMILES string of the molecule is CCCCNC(=O)CNc1ccc(OCc2ccc(Cl)cc2)cc1. The number of halogens is 1. The molecule has 0 heterocycles. The first-order valence-corrected chi connectivity index (χ1v) is 8.53. The van der Waals surface area contributed by atoms with Gasteiger partial charge in [-0.05, 0) is 48.4 Å². The number of amides is 1. The Kier molecular flexibility index (Phi) is 7.43. The molecular weight excluding hydrogens is 324 g/mol. The summed E-state index contributed by atoms with van der Waals surface area (Å²) in [5, 5.41) is 6.68. The number of unbranched alkanes of at least 4 members (excludes halogenated alkanes) is 1. The third-order valence-corrected chi connectivity index (χ3v) is 3.73. The minimum Gasteiger partial charge on any atom is -0.489 e. The lowest BCUT2D eigenvalue weighted by molar-refractivity contribution is -0.119. The molecule has 0 atom stereocenters. The molecule has 1 amide bonds. The van der Waals surface area contributed by atoms with Crippen LogP contribution in [0, 0.1) is 0 Å². The van der Waals surface area contributed by atoms with Crippen LogP contribution in [0.1, 0.15) is 25.3 Å². The Morgan fingerprint density at radius 3 is 2.46 bits per heavy atom. The predicted molar refractivity (Wildman–Crippen MR) is 98.6 cm³/mol. The maximum atomic E-state index is 11.6. The van der Waals surface area contributed by atoms with E-state index in [1.165, 1.54) is 0 Å². The van der Waals surface area contributed by atoms with Crippen molar-refractivity contribution in [3.63, 3.8) is 0 Å². The first-order chi connectivity index (χ1) is 11.7. The molecule has 128 valence electrons. The molecule has 0 aliphatic heterocycles. The van der Waals surface area contributed by atoms with E-state index in [9.17, 15) is 4.79 Å². The van der Waals surface area contributed by atoms with Gasteiger partial charge in [-0.1, -0.05) is 37.1 Å². The molecule has 0 aromatic heterocycles. The Labute approximate surface area is 148 Å². The van der Waals surface area contributed by atoms with E-state index < -0.39 is 0 Å². The molecule has 0 radical (unpaired) electrons. The van der Waals surface area contributed by atoms with Gasteiger partial charge in [-0.2, -0.15) is 0 Å². The highest BCUT2D eigenvalue weighted by atomic mass is 35.5. The topological polar surface area (TPSA) is 50.4 Å². The first kappa shape index (κ1) is 18.1. The zero-order valence-corrected chi connectivity index (χ0v) is 14.6. The fraction of sp³-hybridized carbons (Fsp3) is 0.316. The van der Waals surface area contributed by atoms with E-state index in [1.807, 2.05) is 48.5 Å². The van der Waals surface area contributed by atoms with Crippen molar-refractivity contribution >= 4 is 23.2 Å². The van der Waals surface area contributed by atoms with Gasteiger partial charge in [0.15, 0.2) is 0 Å². The summed E-state index contributed by atoms with van der Waals surface area (Å²) >= 11 is 5.86. The van der Waals surface area contributed by atoms with E-state index >= 15 is 0 Å². The van der Waals surface area contributed by atoms with Crippen LogP contribution < -0.4 is 15.4 Å². The molecule has 2 N–H and O–H groups in total. The monoisotopic (exact) mass is 346 g/mol. The van der Waals surface area contributed by atoms with Crippen LogP contribution in [-0.2, 0) is 11.4 Å². The van der Waals surface area contributed by atoms with E-state index in [4.69, 9.17) is 16.3 Å². The third kappa shape index (κ3) is 6.50. The smallest absolute Gasteiger partial charge is 0.239 e. The number of hydrogen-bond acceptors (Lipinski definition) is 3. The van der Waals surface area contributed by atoms with Crippen molar-refractivity contribution in [3.8, 4) is 5.75 Å². The van der Waals surface area contributed by atoms with Crippen LogP contribution in [0.4, 0.5) is 5.69 Å². The van der Waals surface area contributed by atoms with Gasteiger partial charge < -0.3 is 15.4 Å². The molecule has 0 aliphatic carbocycles. The van der Waals surface area contributed by atoms with Crippen molar-refractivity contribution in [2.75, 3.05) is 18.4 Å². The summed E-state index contributed by atoms with van der Waals surface area (Å²) in [6, 6.07) is 15.1. The Bertz CT molecular complexity index is 627. The van der Waals surface area contributed by atoms with Gasteiger partial charge in [0.05, 0.1) is 6.54 Å². The Morgan fingerprint density at radius 2 is 1.79 bits per heavy atom. The largest absolute Gasteiger partial charge is 0.489 e. The second kappa shape index (κ2) is 9.83. The minimum atomic E-state index is 0.00603. The molecule has 24 heavy (non-hydrogen) atoms. The van der Waals surface area contributed by atoms with Gasteiger partial charge in [0, 0.05) is 17.3 Å². The number of hydrogen-bond donors (Lipinski definition) is 2. The van der Waals surface area contributed by atoms with Crippen LogP contribution in [0.3, 0.4) is 0 Å². The molecule has 2 aromatic rings. The highest BCUT2D eigenvalue weighted by Crippen LogP contribution is 2.17. The first-order valence-electron chi connectivity index (χ1n) is 8.15. The van der Waals surface area contributed by atoms with Gasteiger partial charge in [0.1, 0.15) is 12.4 Å². The molecule has 2 aromatic carbocycles. The van der Waals surface area contributed by atoms with E-state index in [0.29, 0.717) is 11.6 Å². The van der Waals surface area contributed by atoms with Gasteiger partial charge in [0.25, 0.3) is 0 Å². The Balaban J connectivity index is 1.74. The number of carbonyl (C=O) groups excluding carboxylic acids is 1. The number of nitrogens with one attached hydrogen (secondary N) is 2. The maximum absolute atomic E-state index is 11.6. The van der Waals surface area contributed by atoms with E-state index in [1.54, 1.807) is 0 Å². The third-order valence-electron chi connectivity index (χ3n) is 3.48. The lowest BCUT2D eigenvalue weighted by Crippen LogP contribution is -2.30. The summed E-state index contributed by atoms with van der Waals surface area (Å²) in [5.41, 5.74) is 1.95. The van der Waals surface area contributed by atoms with Crippen LogP contribution in [-0.4, -0.2) is 19.0 Å². The Morgan fingerprint density at radius 1 is 1.08 bits per heavy atom. The van der Waals surface area contributed by atoms with Crippen LogP contribution in [0.5, 0.6) is 5.75 Å². The fourth-order valence-electron chi connectivity index (χ4n) is 2.07. The van der Waals surface area contributed by atoms with Gasteiger partial charge in [-0.15, -0.1) is 0 Å². The molecule has 5 heteroatoms. The highest BCUT2D eigenvalue weighted by molar-refractivity contribution is 6.30. The molecule has 0 bridgehead atoms. The van der Waals surface area contributed by atoms with E-state index in [2.05, 4.69) is 17.6 Å². The normalized spacial score (nSPS) is 10.2. The molecule has 0 aliphatic rings. The van der Waals surface area contributed by atoms with Crippen LogP contribution in [0.15, 0.2) is 48.5 Å². The van der Waals surface area contributed by atoms with Gasteiger partial charge in [0.2, 0.25) is 5.91 Å². The second-order valence-electron chi connectivity index (χ2n) is 5.50. The van der Waals surface area contributed by atoms with Crippen molar-refractivity contribution < 1.29 is 9.53 Å². The maximum Gasteiger partial charge on any atom is 0.239 e. The molecule has 4 nitrogen and oxygen atoms in total. The van der Waals surface area contributed by atoms with Crippen molar-refractivity contribution in [1.82, 2.24) is 5.32 Å². The lowest BCUT2D eigenvalue weighted by Gasteiger charge is -2.09. The summed E-state index contributed by atoms with van der Waals surface area (Å²) < 4.78 is 5.73. The van der Waals surface area contributed by atoms with Crippen molar-refractivity contribution in [1.29, 1.82) is 0 Å². The van der Waals surface area contributed by atoms with Crippen LogP contribution in [0.2, 0.25) is 5.02 Å². The summed E-state index contributed by atoms with van der Waals surface area (Å²) in [6.45, 7) is 3.59. The summed E-state index contributed by atoms with van der Waals surface area (Å²) in [6.07, 6.45) is 2.08. The number of anilines is 1. The average molecular weight is 347 g/mol. The molecule has 0 saturated carbocycles. The number of rotatable bonds is 9. The standard InChI is InChI=1S/C19H23ClN2O2/c1-2-3-12-21-19(23)13-22-17-8-10-18(11-9-17)24-14-15-4-6-16(20)7-5-15/h4-11,22H,2-3,12-14H2,1H3,(H,21,23). The molecule has 0 fully saturated rings. The van der Waals surface area contributed by atoms with Crippen molar-refractivity contribution in [3.05, 3.63) is 59.1 Å². The van der Waals surface area contributed by atoms with Gasteiger partial charge >= 0.3 is 0 Å². The predicted octanol–water partition coefficient (Wildman–Crippen LogP) is 4.25. The van der Waals surface area contributed by atoms with E-state index in [-0.39, 0.29) is 12.5 Å². The number of benzene rings is 2. The van der Waals surface area contributed by atoms with Crippen molar-refractivity contribution in [2.45, 2.75) is 26.4 Å². The quantitative estimate of drug-likeness (QED) is 0.667. The number of ether oxygens (including phenoxy) is 1. The summed E-state index contributed by atoms with van der Waals surface area (Å²) in [7, 11) is 0. The number of carbonyl (C=O) groups is 1. The van der Waals surface area contributed by atoms with Gasteiger partial charge in [-0.25, -0.2) is 0 Å². The zero-order valence-electron chi connectivity index (χ0n) is 13.8. The fourth-order valence-corrected chi connectivity index (χ4v) is 2.19. The highest BCUT2D eigenvalue weighted by Gasteiger charge is 2.01. The van der Waals surface area contributed by atoms with Gasteiger partial charge in [-0.3, -0.25) is 4.79 Å². The van der Waals surface area contributed by atoms with Crippen LogP contribution in [0.25, 0.3) is 0 Å².